The van der Waals surface area contributed by atoms with Crippen LogP contribution in [0.25, 0.3) is 10.8 Å². The monoisotopic (exact) mass is 345 g/mol. The SMILES string of the molecule is CCC(=O)Nc1ccc(C(=O)NN=Cc2cccc3ccccc23)cc1. The Hall–Kier alpha value is -3.47. The molecule has 5 heteroatoms. The molecule has 0 radical (unpaired) electrons. The van der Waals surface area contributed by atoms with Gasteiger partial charge in [0, 0.05) is 23.2 Å². The molecular weight excluding hydrogens is 326 g/mol. The van der Waals surface area contributed by atoms with Gasteiger partial charge in [0.25, 0.3) is 5.91 Å². The molecule has 0 spiro atoms. The number of nitrogens with zero attached hydrogens (tertiary/aromatic N) is 1. The Labute approximate surface area is 151 Å². The third kappa shape index (κ3) is 4.13. The summed E-state index contributed by atoms with van der Waals surface area (Å²) in [6, 6.07) is 20.6. The lowest BCUT2D eigenvalue weighted by atomic mass is 10.1. The number of fused-ring (bicyclic) bond motifs is 1. The number of carbonyl (C=O) groups excluding carboxylic acids is 2. The van der Waals surface area contributed by atoms with Crippen molar-refractivity contribution in [1.82, 2.24) is 5.43 Å². The molecule has 0 heterocycles. The largest absolute Gasteiger partial charge is 0.326 e. The molecule has 0 saturated carbocycles. The summed E-state index contributed by atoms with van der Waals surface area (Å²) in [4.78, 5) is 23.5. The molecule has 0 saturated heterocycles. The van der Waals surface area contributed by atoms with Gasteiger partial charge in [-0.15, -0.1) is 0 Å². The second kappa shape index (κ2) is 8.07. The van der Waals surface area contributed by atoms with E-state index in [-0.39, 0.29) is 11.8 Å². The fourth-order valence-electron chi connectivity index (χ4n) is 2.54. The van der Waals surface area contributed by atoms with Crippen molar-refractivity contribution in [2.24, 2.45) is 5.10 Å². The maximum Gasteiger partial charge on any atom is 0.271 e. The minimum atomic E-state index is -0.310. The van der Waals surface area contributed by atoms with Crippen LogP contribution < -0.4 is 10.7 Å². The normalized spacial score (nSPS) is 10.8. The van der Waals surface area contributed by atoms with Crippen LogP contribution in [-0.4, -0.2) is 18.0 Å². The van der Waals surface area contributed by atoms with E-state index < -0.39 is 0 Å². The molecule has 0 aliphatic carbocycles. The minimum absolute atomic E-state index is 0.0677. The number of rotatable bonds is 5. The molecule has 0 bridgehead atoms. The second-order valence-electron chi connectivity index (χ2n) is 5.75. The summed E-state index contributed by atoms with van der Waals surface area (Å²) < 4.78 is 0. The molecular formula is C21H19N3O2. The van der Waals surface area contributed by atoms with Crippen molar-refractivity contribution in [1.29, 1.82) is 0 Å². The van der Waals surface area contributed by atoms with Crippen LogP contribution in [0.2, 0.25) is 0 Å². The maximum absolute atomic E-state index is 12.2. The van der Waals surface area contributed by atoms with E-state index in [1.807, 2.05) is 42.5 Å². The van der Waals surface area contributed by atoms with Crippen LogP contribution in [0.4, 0.5) is 5.69 Å². The Balaban J connectivity index is 1.66. The molecule has 0 aromatic heterocycles. The van der Waals surface area contributed by atoms with Gasteiger partial charge in [0.2, 0.25) is 5.91 Å². The second-order valence-corrected chi connectivity index (χ2v) is 5.75. The molecule has 0 atom stereocenters. The first-order valence-corrected chi connectivity index (χ1v) is 8.38. The third-order valence-corrected chi connectivity index (χ3v) is 3.95. The lowest BCUT2D eigenvalue weighted by Gasteiger charge is -2.05. The predicted molar refractivity (Wildman–Crippen MR) is 104 cm³/mol. The average Bonchev–Trinajstić information content (AvgIpc) is 2.68. The number of amides is 2. The highest BCUT2D eigenvalue weighted by molar-refractivity contribution is 6.01. The minimum Gasteiger partial charge on any atom is -0.326 e. The molecule has 3 aromatic carbocycles. The molecule has 5 nitrogen and oxygen atoms in total. The van der Waals surface area contributed by atoms with E-state index in [0.29, 0.717) is 17.7 Å². The van der Waals surface area contributed by atoms with Crippen LogP contribution in [0.3, 0.4) is 0 Å². The summed E-state index contributed by atoms with van der Waals surface area (Å²) in [5.74, 6) is -0.378. The van der Waals surface area contributed by atoms with Crippen LogP contribution >= 0.6 is 0 Å². The molecule has 26 heavy (non-hydrogen) atoms. The highest BCUT2D eigenvalue weighted by Crippen LogP contribution is 2.16. The number of benzene rings is 3. The zero-order valence-corrected chi connectivity index (χ0v) is 14.4. The fourth-order valence-corrected chi connectivity index (χ4v) is 2.54. The summed E-state index contributed by atoms with van der Waals surface area (Å²) in [6.07, 6.45) is 2.04. The van der Waals surface area contributed by atoms with Gasteiger partial charge in [0.15, 0.2) is 0 Å². The van der Waals surface area contributed by atoms with Gasteiger partial charge >= 0.3 is 0 Å². The molecule has 3 rings (SSSR count). The number of nitrogens with one attached hydrogen (secondary N) is 2. The topological polar surface area (TPSA) is 70.6 Å². The van der Waals surface area contributed by atoms with Gasteiger partial charge < -0.3 is 5.32 Å². The van der Waals surface area contributed by atoms with E-state index in [4.69, 9.17) is 0 Å². The Morgan fingerprint density at radius 2 is 1.69 bits per heavy atom. The Morgan fingerprint density at radius 1 is 0.962 bits per heavy atom. The van der Waals surface area contributed by atoms with Gasteiger partial charge in [-0.25, -0.2) is 5.43 Å². The lowest BCUT2D eigenvalue weighted by Crippen LogP contribution is -2.17. The zero-order chi connectivity index (χ0) is 18.4. The van der Waals surface area contributed by atoms with Gasteiger partial charge in [-0.1, -0.05) is 49.4 Å². The molecule has 130 valence electrons. The first kappa shape index (κ1) is 17.4. The highest BCUT2D eigenvalue weighted by Gasteiger charge is 2.05. The summed E-state index contributed by atoms with van der Waals surface area (Å²) in [7, 11) is 0. The molecule has 0 fully saturated rings. The number of carbonyl (C=O) groups is 2. The van der Waals surface area contributed by atoms with Gasteiger partial charge in [-0.05, 0) is 35.0 Å². The van der Waals surface area contributed by atoms with Crippen molar-refractivity contribution < 1.29 is 9.59 Å². The number of hydrogen-bond donors (Lipinski definition) is 2. The van der Waals surface area contributed by atoms with E-state index in [2.05, 4.69) is 15.8 Å². The standard InChI is InChI=1S/C21H19N3O2/c1-2-20(25)23-18-12-10-16(11-13-18)21(26)24-22-14-17-8-5-7-15-6-3-4-9-19(15)17/h3-14H,2H2,1H3,(H,23,25)(H,24,26). The van der Waals surface area contributed by atoms with E-state index >= 15 is 0 Å². The predicted octanol–water partition coefficient (Wildman–Crippen LogP) is 3.95. The van der Waals surface area contributed by atoms with Crippen LogP contribution in [0.15, 0.2) is 71.8 Å². The van der Waals surface area contributed by atoms with E-state index in [1.54, 1.807) is 37.4 Å². The van der Waals surface area contributed by atoms with Crippen LogP contribution in [0.1, 0.15) is 29.3 Å². The fraction of sp³-hybridized carbons (Fsp3) is 0.0952. The number of anilines is 1. The van der Waals surface area contributed by atoms with Gasteiger partial charge in [0.1, 0.15) is 0 Å². The van der Waals surface area contributed by atoms with Gasteiger partial charge in [0.05, 0.1) is 6.21 Å². The van der Waals surface area contributed by atoms with Crippen molar-refractivity contribution in [2.75, 3.05) is 5.32 Å². The van der Waals surface area contributed by atoms with Crippen molar-refractivity contribution in [3.63, 3.8) is 0 Å². The molecule has 0 unspecified atom stereocenters. The lowest BCUT2D eigenvalue weighted by molar-refractivity contribution is -0.115. The van der Waals surface area contributed by atoms with Crippen molar-refractivity contribution >= 4 is 34.5 Å². The Morgan fingerprint density at radius 3 is 2.46 bits per heavy atom. The molecule has 2 amide bonds. The maximum atomic E-state index is 12.2. The van der Waals surface area contributed by atoms with Crippen molar-refractivity contribution in [3.05, 3.63) is 77.9 Å². The van der Waals surface area contributed by atoms with Crippen LogP contribution in [0, 0.1) is 0 Å². The quantitative estimate of drug-likeness (QED) is 0.543. The zero-order valence-electron chi connectivity index (χ0n) is 14.4. The van der Waals surface area contributed by atoms with Crippen molar-refractivity contribution in [3.8, 4) is 0 Å². The summed E-state index contributed by atoms with van der Waals surface area (Å²) in [6.45, 7) is 1.78. The smallest absolute Gasteiger partial charge is 0.271 e. The summed E-state index contributed by atoms with van der Waals surface area (Å²) in [5.41, 5.74) is 4.59. The van der Waals surface area contributed by atoms with Crippen LogP contribution in [-0.2, 0) is 4.79 Å². The highest BCUT2D eigenvalue weighted by atomic mass is 16.2. The summed E-state index contributed by atoms with van der Waals surface area (Å²) in [5, 5.41) is 8.99. The first-order chi connectivity index (χ1) is 12.7. The van der Waals surface area contributed by atoms with Crippen molar-refractivity contribution in [2.45, 2.75) is 13.3 Å². The molecule has 3 aromatic rings. The van der Waals surface area contributed by atoms with Gasteiger partial charge in [-0.2, -0.15) is 5.10 Å². The molecule has 0 aliphatic heterocycles. The number of hydrazone groups is 1. The van der Waals surface area contributed by atoms with E-state index in [0.717, 1.165) is 16.3 Å². The molecule has 2 N–H and O–H groups in total. The van der Waals surface area contributed by atoms with E-state index in [1.165, 1.54) is 0 Å². The Kier molecular flexibility index (Phi) is 5.39. The molecule has 0 aliphatic rings. The third-order valence-electron chi connectivity index (χ3n) is 3.95. The van der Waals surface area contributed by atoms with Crippen LogP contribution in [0.5, 0.6) is 0 Å². The first-order valence-electron chi connectivity index (χ1n) is 8.38. The van der Waals surface area contributed by atoms with E-state index in [9.17, 15) is 9.59 Å². The van der Waals surface area contributed by atoms with Gasteiger partial charge in [-0.3, -0.25) is 9.59 Å². The number of hydrogen-bond acceptors (Lipinski definition) is 3. The average molecular weight is 345 g/mol. The Bertz CT molecular complexity index is 957. The summed E-state index contributed by atoms with van der Waals surface area (Å²) >= 11 is 0.